The predicted octanol–water partition coefficient (Wildman–Crippen LogP) is 2.63. The number of hydrogen-bond acceptors (Lipinski definition) is 3. The van der Waals surface area contributed by atoms with Gasteiger partial charge in [-0.15, -0.1) is 0 Å². The largest absolute Gasteiger partial charge is 0.390 e. The van der Waals surface area contributed by atoms with Crippen LogP contribution in [0.15, 0.2) is 6.20 Å². The molecule has 0 aliphatic carbocycles. The second kappa shape index (κ2) is 4.61. The molecule has 0 radical (unpaired) electrons. The number of alkyl halides is 3. The minimum atomic E-state index is -4.29. The summed E-state index contributed by atoms with van der Waals surface area (Å²) < 4.78 is 48.1. The van der Waals surface area contributed by atoms with Crippen molar-refractivity contribution < 1.29 is 17.6 Å². The zero-order chi connectivity index (χ0) is 11.5. The average molecular weight is 244 g/mol. The van der Waals surface area contributed by atoms with Crippen molar-refractivity contribution in [1.29, 1.82) is 0 Å². The van der Waals surface area contributed by atoms with Crippen molar-refractivity contribution >= 4 is 17.4 Å². The van der Waals surface area contributed by atoms with Crippen molar-refractivity contribution in [3.63, 3.8) is 0 Å². The minimum Gasteiger partial charge on any atom is -0.367 e. The van der Waals surface area contributed by atoms with Gasteiger partial charge in [0.25, 0.3) is 0 Å². The molecule has 0 aromatic carbocycles. The van der Waals surface area contributed by atoms with E-state index >= 15 is 0 Å². The van der Waals surface area contributed by atoms with Crippen LogP contribution >= 0.6 is 11.6 Å². The molecule has 8 heteroatoms. The van der Waals surface area contributed by atoms with Crippen LogP contribution in [0.5, 0.6) is 0 Å². The highest BCUT2D eigenvalue weighted by atomic mass is 35.5. The molecule has 1 aromatic rings. The number of nitrogens with one attached hydrogen (secondary N) is 1. The first-order valence-electron chi connectivity index (χ1n) is 3.87. The van der Waals surface area contributed by atoms with Gasteiger partial charge in [-0.1, -0.05) is 0 Å². The van der Waals surface area contributed by atoms with E-state index in [1.165, 1.54) is 0 Å². The van der Waals surface area contributed by atoms with E-state index in [-0.39, 0.29) is 11.1 Å². The molecule has 0 aliphatic heterocycles. The molecular formula is C7H6ClF4N3. The van der Waals surface area contributed by atoms with Gasteiger partial charge in [-0.2, -0.15) is 18.2 Å². The monoisotopic (exact) mass is 243 g/mol. The Morgan fingerprint density at radius 3 is 2.67 bits per heavy atom. The molecule has 0 fully saturated rings. The second-order valence-corrected chi connectivity index (χ2v) is 2.97. The highest BCUT2D eigenvalue weighted by Crippen LogP contribution is 2.19. The lowest BCUT2D eigenvalue weighted by Crippen LogP contribution is -2.15. The van der Waals surface area contributed by atoms with Crippen molar-refractivity contribution in [1.82, 2.24) is 9.97 Å². The maximum Gasteiger partial charge on any atom is 0.390 e. The summed E-state index contributed by atoms with van der Waals surface area (Å²) in [7, 11) is 0. The van der Waals surface area contributed by atoms with Crippen molar-refractivity contribution in [2.75, 3.05) is 11.9 Å². The first kappa shape index (κ1) is 12.0. The molecular weight excluding hydrogens is 238 g/mol. The number of anilines is 1. The fourth-order valence-electron chi connectivity index (χ4n) is 0.792. The van der Waals surface area contributed by atoms with Crippen molar-refractivity contribution in [2.45, 2.75) is 12.6 Å². The zero-order valence-electron chi connectivity index (χ0n) is 7.28. The van der Waals surface area contributed by atoms with Gasteiger partial charge in [0.15, 0.2) is 11.6 Å². The van der Waals surface area contributed by atoms with Gasteiger partial charge in [-0.3, -0.25) is 0 Å². The molecule has 0 saturated carbocycles. The Hall–Kier alpha value is -1.11. The molecule has 1 rings (SSSR count). The third kappa shape index (κ3) is 4.28. The van der Waals surface area contributed by atoms with E-state index in [1.54, 1.807) is 0 Å². The maximum absolute atomic E-state index is 12.9. The third-order valence-corrected chi connectivity index (χ3v) is 1.60. The highest BCUT2D eigenvalue weighted by Gasteiger charge is 2.26. The van der Waals surface area contributed by atoms with Gasteiger partial charge < -0.3 is 5.32 Å². The normalized spacial score (nSPS) is 11.5. The Morgan fingerprint density at radius 2 is 2.07 bits per heavy atom. The molecule has 0 atom stereocenters. The fourth-order valence-corrected chi connectivity index (χ4v) is 0.926. The van der Waals surface area contributed by atoms with Gasteiger partial charge in [0.1, 0.15) is 0 Å². The lowest BCUT2D eigenvalue weighted by atomic mass is 10.4. The molecule has 0 saturated heterocycles. The standard InChI is InChI=1S/C7H6ClF4N3/c8-6-14-3-4(9)5(15-6)13-2-1-7(10,11)12/h3H,1-2H2,(H,13,14,15). The quantitative estimate of drug-likeness (QED) is 0.655. The van der Waals surface area contributed by atoms with Gasteiger partial charge in [0.2, 0.25) is 5.28 Å². The number of nitrogens with zero attached hydrogens (tertiary/aromatic N) is 2. The lowest BCUT2D eigenvalue weighted by molar-refractivity contribution is -0.131. The van der Waals surface area contributed by atoms with E-state index in [0.717, 1.165) is 6.20 Å². The van der Waals surface area contributed by atoms with E-state index in [2.05, 4.69) is 15.3 Å². The smallest absolute Gasteiger partial charge is 0.367 e. The number of rotatable bonds is 3. The first-order valence-corrected chi connectivity index (χ1v) is 4.25. The molecule has 0 aliphatic rings. The summed E-state index contributed by atoms with van der Waals surface area (Å²) in [4.78, 5) is 6.71. The van der Waals surface area contributed by atoms with Crippen LogP contribution in [-0.2, 0) is 0 Å². The second-order valence-electron chi connectivity index (χ2n) is 2.63. The highest BCUT2D eigenvalue weighted by molar-refractivity contribution is 6.28. The summed E-state index contributed by atoms with van der Waals surface area (Å²) in [6.45, 7) is -0.465. The van der Waals surface area contributed by atoms with E-state index in [4.69, 9.17) is 11.6 Å². The summed E-state index contributed by atoms with van der Waals surface area (Å²) in [5, 5.41) is 1.95. The molecule has 0 spiro atoms. The molecule has 84 valence electrons. The SMILES string of the molecule is Fc1cnc(Cl)nc1NCCC(F)(F)F. The van der Waals surface area contributed by atoms with E-state index < -0.39 is 25.0 Å². The summed E-state index contributed by atoms with van der Waals surface area (Å²) in [5.74, 6) is -1.18. The van der Waals surface area contributed by atoms with Crippen LogP contribution in [0.2, 0.25) is 5.28 Å². The lowest BCUT2D eigenvalue weighted by Gasteiger charge is -2.08. The third-order valence-electron chi connectivity index (χ3n) is 1.42. The number of halogens is 5. The van der Waals surface area contributed by atoms with Gasteiger partial charge in [-0.05, 0) is 11.6 Å². The van der Waals surface area contributed by atoms with Gasteiger partial charge in [0.05, 0.1) is 12.6 Å². The van der Waals surface area contributed by atoms with Crippen LogP contribution < -0.4 is 5.32 Å². The first-order chi connectivity index (χ1) is 6.88. The summed E-state index contributed by atoms with van der Waals surface area (Å²) in [5.41, 5.74) is 0. The summed E-state index contributed by atoms with van der Waals surface area (Å²) >= 11 is 5.33. The van der Waals surface area contributed by atoms with Gasteiger partial charge in [0, 0.05) is 6.54 Å². The number of aromatic nitrogens is 2. The van der Waals surface area contributed by atoms with Crippen LogP contribution in [0.25, 0.3) is 0 Å². The van der Waals surface area contributed by atoms with Crippen LogP contribution in [0.1, 0.15) is 6.42 Å². The van der Waals surface area contributed by atoms with E-state index in [9.17, 15) is 17.6 Å². The molecule has 15 heavy (non-hydrogen) atoms. The van der Waals surface area contributed by atoms with Crippen LogP contribution in [0, 0.1) is 5.82 Å². The Morgan fingerprint density at radius 1 is 1.40 bits per heavy atom. The maximum atomic E-state index is 12.9. The number of hydrogen-bond donors (Lipinski definition) is 1. The Labute approximate surface area is 87.5 Å². The molecule has 1 N–H and O–H groups in total. The zero-order valence-corrected chi connectivity index (χ0v) is 8.03. The van der Waals surface area contributed by atoms with Crippen LogP contribution in [-0.4, -0.2) is 22.7 Å². The Kier molecular flexibility index (Phi) is 3.67. The van der Waals surface area contributed by atoms with Crippen molar-refractivity contribution in [3.8, 4) is 0 Å². The summed E-state index contributed by atoms with van der Waals surface area (Å²) in [6.07, 6.45) is -4.58. The topological polar surface area (TPSA) is 37.8 Å². The molecule has 3 nitrogen and oxygen atoms in total. The Bertz CT molecular complexity index is 341. The van der Waals surface area contributed by atoms with E-state index in [0.29, 0.717) is 0 Å². The molecule has 0 bridgehead atoms. The minimum absolute atomic E-state index is 0.231. The van der Waals surface area contributed by atoms with Crippen LogP contribution in [0.4, 0.5) is 23.4 Å². The predicted molar refractivity (Wildman–Crippen MR) is 46.2 cm³/mol. The van der Waals surface area contributed by atoms with Crippen LogP contribution in [0.3, 0.4) is 0 Å². The molecule has 0 unspecified atom stereocenters. The Balaban J connectivity index is 2.54. The molecule has 1 heterocycles. The van der Waals surface area contributed by atoms with Crippen molar-refractivity contribution in [2.24, 2.45) is 0 Å². The molecule has 1 aromatic heterocycles. The van der Waals surface area contributed by atoms with Gasteiger partial charge >= 0.3 is 6.18 Å². The summed E-state index contributed by atoms with van der Waals surface area (Å²) in [6, 6.07) is 0. The van der Waals surface area contributed by atoms with Gasteiger partial charge in [-0.25, -0.2) is 9.37 Å². The average Bonchev–Trinajstić information content (AvgIpc) is 2.09. The molecule has 0 amide bonds. The fraction of sp³-hybridized carbons (Fsp3) is 0.429. The van der Waals surface area contributed by atoms with E-state index in [1.807, 2.05) is 0 Å². The van der Waals surface area contributed by atoms with Crippen molar-refractivity contribution in [3.05, 3.63) is 17.3 Å².